The van der Waals surface area contributed by atoms with E-state index in [2.05, 4.69) is 0 Å². The molecule has 0 unspecified atom stereocenters. The highest BCUT2D eigenvalue weighted by molar-refractivity contribution is 6.35. The maximum atomic E-state index is 10.8. The monoisotopic (exact) mass is 173 g/mol. The molecule has 12 heavy (non-hydrogen) atoms. The van der Waals surface area contributed by atoms with Crippen LogP contribution in [0.5, 0.6) is 0 Å². The van der Waals surface area contributed by atoms with E-state index in [9.17, 15) is 9.59 Å². The predicted octanol–water partition coefficient (Wildman–Crippen LogP) is -0.949. The molecule has 0 aromatic carbocycles. The molecular weight excluding hydrogens is 162 g/mol. The lowest BCUT2D eigenvalue weighted by molar-refractivity contribution is -0.144. The van der Waals surface area contributed by atoms with Crippen LogP contribution >= 0.6 is 0 Å². The van der Waals surface area contributed by atoms with Gasteiger partial charge in [-0.15, -0.1) is 0 Å². The van der Waals surface area contributed by atoms with Crippen molar-refractivity contribution in [3.8, 4) is 0 Å². The van der Waals surface area contributed by atoms with Gasteiger partial charge >= 0.3 is 0 Å². The number of rotatable bonds is 3. The van der Waals surface area contributed by atoms with Gasteiger partial charge in [0.25, 0.3) is 5.91 Å². The fraction of sp³-hybridized carbons (Fsp3) is 0.714. The van der Waals surface area contributed by atoms with Gasteiger partial charge < -0.3 is 15.2 Å². The molecule has 0 spiro atoms. The van der Waals surface area contributed by atoms with E-state index < -0.39 is 11.7 Å². The quantitative estimate of drug-likeness (QED) is 0.558. The average Bonchev–Trinajstić information content (AvgIpc) is 2.06. The van der Waals surface area contributed by atoms with Gasteiger partial charge in [-0.05, 0) is 0 Å². The first-order valence-corrected chi connectivity index (χ1v) is 3.68. The number of ketones is 1. The molecule has 5 heteroatoms. The molecule has 0 atom stereocenters. The summed E-state index contributed by atoms with van der Waals surface area (Å²) >= 11 is 0. The molecule has 0 radical (unpaired) electrons. The Kier molecular flexibility index (Phi) is 3.19. The molecule has 68 valence electrons. The van der Waals surface area contributed by atoms with Crippen molar-refractivity contribution in [1.29, 1.82) is 0 Å². The van der Waals surface area contributed by atoms with Crippen LogP contribution in [0.25, 0.3) is 0 Å². The second-order valence-electron chi connectivity index (χ2n) is 2.72. The Balaban J connectivity index is 2.29. The molecular formula is C7H11NO4. The topological polar surface area (TPSA) is 78.6 Å². The third-order valence-corrected chi connectivity index (χ3v) is 1.62. The van der Waals surface area contributed by atoms with Gasteiger partial charge in [0.15, 0.2) is 0 Å². The van der Waals surface area contributed by atoms with E-state index in [1.54, 1.807) is 0 Å². The van der Waals surface area contributed by atoms with E-state index in [4.69, 9.17) is 15.2 Å². The highest BCUT2D eigenvalue weighted by atomic mass is 16.7. The summed E-state index contributed by atoms with van der Waals surface area (Å²) in [5.74, 6) is -1.48. The van der Waals surface area contributed by atoms with E-state index in [0.717, 1.165) is 0 Å². The summed E-state index contributed by atoms with van der Waals surface area (Å²) in [5, 5.41) is 0. The summed E-state index contributed by atoms with van der Waals surface area (Å²) in [7, 11) is 0. The van der Waals surface area contributed by atoms with E-state index >= 15 is 0 Å². The molecule has 1 fully saturated rings. The Hall–Kier alpha value is -0.940. The van der Waals surface area contributed by atoms with Gasteiger partial charge in [-0.25, -0.2) is 0 Å². The Morgan fingerprint density at radius 3 is 2.42 bits per heavy atom. The van der Waals surface area contributed by atoms with Crippen molar-refractivity contribution in [1.82, 2.24) is 0 Å². The van der Waals surface area contributed by atoms with Crippen LogP contribution in [0.15, 0.2) is 0 Å². The highest BCUT2D eigenvalue weighted by Gasteiger charge is 2.20. The Morgan fingerprint density at radius 1 is 1.33 bits per heavy atom. The standard InChI is InChI=1S/C7H11NO4/c8-7(10)6(9)1-5-2-11-4-12-3-5/h5H,1-4H2,(H2,8,10). The minimum atomic E-state index is -0.888. The van der Waals surface area contributed by atoms with Crippen molar-refractivity contribution < 1.29 is 19.1 Å². The minimum absolute atomic E-state index is 0.0289. The van der Waals surface area contributed by atoms with Crippen molar-refractivity contribution in [3.05, 3.63) is 0 Å². The molecule has 1 saturated heterocycles. The number of Topliss-reactive ketones (excluding diaryl/α,β-unsaturated/α-hetero) is 1. The number of nitrogens with two attached hydrogens (primary N) is 1. The zero-order valence-corrected chi connectivity index (χ0v) is 6.62. The first kappa shape index (κ1) is 9.15. The summed E-state index contributed by atoms with van der Waals surface area (Å²) < 4.78 is 9.87. The van der Waals surface area contributed by atoms with Crippen LogP contribution < -0.4 is 5.73 Å². The SMILES string of the molecule is NC(=O)C(=O)CC1COCOC1. The van der Waals surface area contributed by atoms with Gasteiger partial charge in [0.1, 0.15) is 6.79 Å². The molecule has 1 amide bonds. The van der Waals surface area contributed by atoms with Gasteiger partial charge in [-0.2, -0.15) is 0 Å². The summed E-state index contributed by atoms with van der Waals surface area (Å²) in [6.45, 7) is 1.18. The van der Waals surface area contributed by atoms with E-state index in [1.807, 2.05) is 0 Å². The molecule has 0 bridgehead atoms. The minimum Gasteiger partial charge on any atom is -0.363 e. The fourth-order valence-corrected chi connectivity index (χ4v) is 1.02. The van der Waals surface area contributed by atoms with Crippen LogP contribution in [0.3, 0.4) is 0 Å². The first-order chi connectivity index (χ1) is 5.70. The molecule has 0 aromatic rings. The number of carbonyl (C=O) groups excluding carboxylic acids is 2. The van der Waals surface area contributed by atoms with E-state index in [-0.39, 0.29) is 19.1 Å². The second kappa shape index (κ2) is 4.18. The lowest BCUT2D eigenvalue weighted by atomic mass is 10.0. The predicted molar refractivity (Wildman–Crippen MR) is 39.1 cm³/mol. The van der Waals surface area contributed by atoms with Crippen molar-refractivity contribution in [3.63, 3.8) is 0 Å². The van der Waals surface area contributed by atoms with Crippen molar-refractivity contribution in [2.45, 2.75) is 6.42 Å². The molecule has 1 rings (SSSR count). The fourth-order valence-electron chi connectivity index (χ4n) is 1.02. The first-order valence-electron chi connectivity index (χ1n) is 3.68. The third kappa shape index (κ3) is 2.60. The third-order valence-electron chi connectivity index (χ3n) is 1.62. The number of amides is 1. The highest BCUT2D eigenvalue weighted by Crippen LogP contribution is 2.09. The molecule has 0 saturated carbocycles. The van der Waals surface area contributed by atoms with Crippen LogP contribution in [0.1, 0.15) is 6.42 Å². The van der Waals surface area contributed by atoms with Crippen molar-refractivity contribution in [2.24, 2.45) is 11.7 Å². The van der Waals surface area contributed by atoms with Crippen LogP contribution in [0, 0.1) is 5.92 Å². The second-order valence-corrected chi connectivity index (χ2v) is 2.72. The summed E-state index contributed by atoms with van der Waals surface area (Å²) in [4.78, 5) is 21.2. The van der Waals surface area contributed by atoms with Crippen LogP contribution in [-0.4, -0.2) is 31.7 Å². The van der Waals surface area contributed by atoms with Gasteiger partial charge in [0.2, 0.25) is 5.78 Å². The molecule has 0 aromatic heterocycles. The largest absolute Gasteiger partial charge is 0.363 e. The van der Waals surface area contributed by atoms with Gasteiger partial charge in [0, 0.05) is 12.3 Å². The zero-order valence-electron chi connectivity index (χ0n) is 6.62. The van der Waals surface area contributed by atoms with Crippen molar-refractivity contribution >= 4 is 11.7 Å². The van der Waals surface area contributed by atoms with Gasteiger partial charge in [-0.1, -0.05) is 0 Å². The molecule has 1 aliphatic heterocycles. The van der Waals surface area contributed by atoms with Gasteiger partial charge in [0.05, 0.1) is 13.2 Å². The maximum Gasteiger partial charge on any atom is 0.284 e. The molecule has 2 N–H and O–H groups in total. The van der Waals surface area contributed by atoms with E-state index in [1.165, 1.54) is 0 Å². The number of hydrogen-bond donors (Lipinski definition) is 1. The van der Waals surface area contributed by atoms with Crippen molar-refractivity contribution in [2.75, 3.05) is 20.0 Å². The summed E-state index contributed by atoms with van der Waals surface area (Å²) in [6, 6.07) is 0. The lowest BCUT2D eigenvalue weighted by Crippen LogP contribution is -2.31. The smallest absolute Gasteiger partial charge is 0.284 e. The zero-order chi connectivity index (χ0) is 8.97. The Labute approximate surface area is 69.8 Å². The normalized spacial score (nSPS) is 19.0. The van der Waals surface area contributed by atoms with Crippen LogP contribution in [0.2, 0.25) is 0 Å². The van der Waals surface area contributed by atoms with E-state index in [0.29, 0.717) is 13.2 Å². The lowest BCUT2D eigenvalue weighted by Gasteiger charge is -2.20. The number of ether oxygens (including phenoxy) is 2. The average molecular weight is 173 g/mol. The van der Waals surface area contributed by atoms with Crippen LogP contribution in [-0.2, 0) is 19.1 Å². The Morgan fingerprint density at radius 2 is 1.92 bits per heavy atom. The molecule has 1 aliphatic rings. The number of hydrogen-bond acceptors (Lipinski definition) is 4. The molecule has 0 aliphatic carbocycles. The maximum absolute atomic E-state index is 10.8. The molecule has 5 nitrogen and oxygen atoms in total. The number of carbonyl (C=O) groups is 2. The van der Waals surface area contributed by atoms with Crippen LogP contribution in [0.4, 0.5) is 0 Å². The Bertz CT molecular complexity index is 186. The summed E-state index contributed by atoms with van der Waals surface area (Å²) in [6.07, 6.45) is 0.120. The summed E-state index contributed by atoms with van der Waals surface area (Å²) in [5.41, 5.74) is 4.78. The number of primary amides is 1. The molecule has 1 heterocycles. The van der Waals surface area contributed by atoms with Gasteiger partial charge in [-0.3, -0.25) is 9.59 Å².